The van der Waals surface area contributed by atoms with Crippen LogP contribution in [0.5, 0.6) is 0 Å². The van der Waals surface area contributed by atoms with E-state index < -0.39 is 5.82 Å². The lowest BCUT2D eigenvalue weighted by Gasteiger charge is -2.05. The average molecular weight is 247 g/mol. The van der Waals surface area contributed by atoms with Crippen molar-refractivity contribution in [1.29, 1.82) is 5.26 Å². The Labute approximate surface area is 103 Å². The van der Waals surface area contributed by atoms with Gasteiger partial charge in [-0.2, -0.15) is 5.26 Å². The number of nitrogens with zero attached hydrogens (tertiary/aromatic N) is 2. The molecule has 2 rings (SSSR count). The molecule has 3 nitrogen and oxygen atoms in total. The van der Waals surface area contributed by atoms with E-state index in [2.05, 4.69) is 10.3 Å². The molecule has 0 saturated carbocycles. The molecule has 1 heterocycles. The van der Waals surface area contributed by atoms with Gasteiger partial charge in [-0.25, -0.2) is 9.37 Å². The number of anilines is 1. The molecular formula is C12H10FN3S. The number of aromatic nitrogens is 1. The zero-order valence-electron chi connectivity index (χ0n) is 8.98. The van der Waals surface area contributed by atoms with Crippen LogP contribution in [0, 0.1) is 17.1 Å². The zero-order chi connectivity index (χ0) is 12.1. The molecule has 1 aromatic heterocycles. The van der Waals surface area contributed by atoms with E-state index in [1.165, 1.54) is 12.1 Å². The van der Waals surface area contributed by atoms with E-state index in [9.17, 15) is 4.39 Å². The number of halogens is 1. The Morgan fingerprint density at radius 3 is 3.00 bits per heavy atom. The summed E-state index contributed by atoms with van der Waals surface area (Å²) in [6.45, 7) is 0.693. The molecule has 0 amide bonds. The molecule has 1 aromatic carbocycles. The maximum atomic E-state index is 13.3. The van der Waals surface area contributed by atoms with Gasteiger partial charge in [0.05, 0.1) is 10.6 Å². The van der Waals surface area contributed by atoms with Crippen LogP contribution in [0.2, 0.25) is 0 Å². The summed E-state index contributed by atoms with van der Waals surface area (Å²) in [5.41, 5.74) is 0.744. The van der Waals surface area contributed by atoms with Crippen molar-refractivity contribution in [2.24, 2.45) is 0 Å². The molecule has 0 radical (unpaired) electrons. The average Bonchev–Trinajstić information content (AvgIpc) is 2.82. The molecule has 0 saturated heterocycles. The van der Waals surface area contributed by atoms with E-state index in [4.69, 9.17) is 5.26 Å². The number of nitrogens with one attached hydrogen (secondary N) is 1. The highest BCUT2D eigenvalue weighted by Crippen LogP contribution is 2.14. The third-order valence-electron chi connectivity index (χ3n) is 2.24. The maximum Gasteiger partial charge on any atom is 0.143 e. The number of benzene rings is 1. The maximum absolute atomic E-state index is 13.3. The van der Waals surface area contributed by atoms with Crippen LogP contribution in [0.3, 0.4) is 0 Å². The summed E-state index contributed by atoms with van der Waals surface area (Å²) in [6.07, 6.45) is 2.57. The summed E-state index contributed by atoms with van der Waals surface area (Å²) in [4.78, 5) is 4.15. The number of nitriles is 1. The molecule has 0 fully saturated rings. The van der Waals surface area contributed by atoms with Gasteiger partial charge in [0.25, 0.3) is 0 Å². The molecule has 0 atom stereocenters. The molecule has 0 aliphatic heterocycles. The lowest BCUT2D eigenvalue weighted by molar-refractivity contribution is 0.624. The van der Waals surface area contributed by atoms with Gasteiger partial charge in [-0.15, -0.1) is 11.3 Å². The van der Waals surface area contributed by atoms with E-state index in [-0.39, 0.29) is 5.56 Å². The molecule has 0 aliphatic rings. The zero-order valence-corrected chi connectivity index (χ0v) is 9.80. The van der Waals surface area contributed by atoms with E-state index in [0.29, 0.717) is 12.2 Å². The fraction of sp³-hybridized carbons (Fsp3) is 0.167. The van der Waals surface area contributed by atoms with Crippen molar-refractivity contribution in [3.8, 4) is 6.07 Å². The Hall–Kier alpha value is -1.93. The highest BCUT2D eigenvalue weighted by molar-refractivity contribution is 7.09. The summed E-state index contributed by atoms with van der Waals surface area (Å²) in [5.74, 6) is -0.494. The molecule has 86 valence electrons. The van der Waals surface area contributed by atoms with E-state index in [1.54, 1.807) is 29.7 Å². The van der Waals surface area contributed by atoms with Gasteiger partial charge in [-0.1, -0.05) is 0 Å². The first-order chi connectivity index (χ1) is 8.29. The second-order valence-corrected chi connectivity index (χ2v) is 4.39. The van der Waals surface area contributed by atoms with E-state index in [0.717, 1.165) is 11.4 Å². The smallest absolute Gasteiger partial charge is 0.143 e. The SMILES string of the molecule is N#Cc1ccc(NCCc2nccs2)cc1F. The largest absolute Gasteiger partial charge is 0.385 e. The van der Waals surface area contributed by atoms with Crippen molar-refractivity contribution in [3.63, 3.8) is 0 Å². The van der Waals surface area contributed by atoms with Gasteiger partial charge in [-0.3, -0.25) is 0 Å². The summed E-state index contributed by atoms with van der Waals surface area (Å²) in [7, 11) is 0. The summed E-state index contributed by atoms with van der Waals surface area (Å²) in [6, 6.07) is 6.29. The summed E-state index contributed by atoms with van der Waals surface area (Å²) in [5, 5.41) is 14.7. The lowest BCUT2D eigenvalue weighted by Crippen LogP contribution is -2.05. The monoisotopic (exact) mass is 247 g/mol. The van der Waals surface area contributed by atoms with Gasteiger partial charge in [0.1, 0.15) is 11.9 Å². The molecule has 0 aliphatic carbocycles. The Bertz CT molecular complexity index is 531. The third-order valence-corrected chi connectivity index (χ3v) is 3.08. The minimum atomic E-state index is -0.494. The first-order valence-electron chi connectivity index (χ1n) is 5.11. The van der Waals surface area contributed by atoms with Crippen LogP contribution in [0.15, 0.2) is 29.8 Å². The number of hydrogen-bond donors (Lipinski definition) is 1. The topological polar surface area (TPSA) is 48.7 Å². The summed E-state index contributed by atoms with van der Waals surface area (Å²) >= 11 is 1.60. The Morgan fingerprint density at radius 1 is 1.47 bits per heavy atom. The Kier molecular flexibility index (Phi) is 3.68. The number of thiazole rings is 1. The molecule has 5 heteroatoms. The highest BCUT2D eigenvalue weighted by Gasteiger charge is 2.02. The second kappa shape index (κ2) is 5.41. The molecule has 0 spiro atoms. The molecule has 17 heavy (non-hydrogen) atoms. The summed E-state index contributed by atoms with van der Waals surface area (Å²) < 4.78 is 13.3. The molecular weight excluding hydrogens is 237 g/mol. The lowest BCUT2D eigenvalue weighted by atomic mass is 10.2. The molecule has 0 bridgehead atoms. The van der Waals surface area contributed by atoms with Crippen LogP contribution < -0.4 is 5.32 Å². The van der Waals surface area contributed by atoms with Crippen molar-refractivity contribution in [1.82, 2.24) is 4.98 Å². The molecule has 0 unspecified atom stereocenters. The van der Waals surface area contributed by atoms with E-state index >= 15 is 0 Å². The van der Waals surface area contributed by atoms with E-state index in [1.807, 2.05) is 5.38 Å². The van der Waals surface area contributed by atoms with Crippen LogP contribution in [-0.4, -0.2) is 11.5 Å². The van der Waals surface area contributed by atoms with Gasteiger partial charge in [0.15, 0.2) is 0 Å². The molecule has 2 aromatic rings. The van der Waals surface area contributed by atoms with Gasteiger partial charge in [-0.05, 0) is 18.2 Å². The Balaban J connectivity index is 1.91. The second-order valence-electron chi connectivity index (χ2n) is 3.41. The van der Waals surface area contributed by atoms with Crippen molar-refractivity contribution < 1.29 is 4.39 Å². The molecule has 1 N–H and O–H groups in total. The fourth-order valence-electron chi connectivity index (χ4n) is 1.41. The standard InChI is InChI=1S/C12H10FN3S/c13-11-7-10(2-1-9(11)8-14)15-4-3-12-16-5-6-17-12/h1-2,5-7,15H,3-4H2. The minimum Gasteiger partial charge on any atom is -0.385 e. The van der Waals surface area contributed by atoms with Crippen LogP contribution in [0.1, 0.15) is 10.6 Å². The predicted octanol–water partition coefficient (Wildman–Crippen LogP) is 2.81. The van der Waals surface area contributed by atoms with Crippen LogP contribution in [0.4, 0.5) is 10.1 Å². The van der Waals surface area contributed by atoms with Crippen molar-refractivity contribution in [3.05, 3.63) is 46.2 Å². The number of rotatable bonds is 4. The van der Waals surface area contributed by atoms with Crippen molar-refractivity contribution >= 4 is 17.0 Å². The third kappa shape index (κ3) is 3.02. The normalized spacial score (nSPS) is 9.88. The number of hydrogen-bond acceptors (Lipinski definition) is 4. The Morgan fingerprint density at radius 2 is 2.35 bits per heavy atom. The van der Waals surface area contributed by atoms with Crippen molar-refractivity contribution in [2.45, 2.75) is 6.42 Å². The van der Waals surface area contributed by atoms with Crippen molar-refractivity contribution in [2.75, 3.05) is 11.9 Å². The first-order valence-corrected chi connectivity index (χ1v) is 5.99. The predicted molar refractivity (Wildman–Crippen MR) is 65.4 cm³/mol. The van der Waals surface area contributed by atoms with Gasteiger partial charge in [0.2, 0.25) is 0 Å². The van der Waals surface area contributed by atoms with Gasteiger partial charge >= 0.3 is 0 Å². The van der Waals surface area contributed by atoms with Crippen LogP contribution in [0.25, 0.3) is 0 Å². The van der Waals surface area contributed by atoms with Gasteiger partial charge in [0, 0.05) is 30.2 Å². The fourth-order valence-corrected chi connectivity index (χ4v) is 2.03. The van der Waals surface area contributed by atoms with Crippen LogP contribution in [-0.2, 0) is 6.42 Å². The van der Waals surface area contributed by atoms with Crippen LogP contribution >= 0.6 is 11.3 Å². The highest BCUT2D eigenvalue weighted by atomic mass is 32.1. The first kappa shape index (κ1) is 11.6. The van der Waals surface area contributed by atoms with Gasteiger partial charge < -0.3 is 5.32 Å². The minimum absolute atomic E-state index is 0.0653. The quantitative estimate of drug-likeness (QED) is 0.903.